The summed E-state index contributed by atoms with van der Waals surface area (Å²) >= 11 is 0. The molecule has 4 rings (SSSR count). The smallest absolute Gasteiger partial charge is 0.265 e. The quantitative estimate of drug-likeness (QED) is 0.885. The van der Waals surface area contributed by atoms with Gasteiger partial charge in [-0.15, -0.1) is 0 Å². The fourth-order valence-corrected chi connectivity index (χ4v) is 3.91. The Morgan fingerprint density at radius 1 is 1.21 bits per heavy atom. The lowest BCUT2D eigenvalue weighted by atomic mass is 9.99. The van der Waals surface area contributed by atoms with Crippen molar-refractivity contribution in [3.8, 4) is 11.5 Å². The van der Waals surface area contributed by atoms with E-state index in [1.165, 1.54) is 0 Å². The molecule has 2 amide bonds. The van der Waals surface area contributed by atoms with E-state index in [0.29, 0.717) is 30.4 Å². The van der Waals surface area contributed by atoms with Crippen LogP contribution in [0.4, 0.5) is 5.69 Å². The average Bonchev–Trinajstić information content (AvgIpc) is 3.14. The highest BCUT2D eigenvalue weighted by Crippen LogP contribution is 2.33. The number of phenolic OH excluding ortho intramolecular Hbond substituents is 1. The summed E-state index contributed by atoms with van der Waals surface area (Å²) in [4.78, 5) is 28.6. The molecule has 2 aliphatic heterocycles. The van der Waals surface area contributed by atoms with E-state index in [-0.39, 0.29) is 30.7 Å². The third-order valence-electron chi connectivity index (χ3n) is 5.45. The highest BCUT2D eigenvalue weighted by atomic mass is 16.5. The van der Waals surface area contributed by atoms with Crippen LogP contribution in [0.3, 0.4) is 0 Å². The number of aromatic hydroxyl groups is 1. The summed E-state index contributed by atoms with van der Waals surface area (Å²) in [6.45, 7) is 3.37. The Hall–Kier alpha value is -3.02. The topological polar surface area (TPSA) is 70.1 Å². The second-order valence-corrected chi connectivity index (χ2v) is 7.60. The molecule has 6 nitrogen and oxygen atoms in total. The highest BCUT2D eigenvalue weighted by molar-refractivity contribution is 6.02. The SMILES string of the molecule is Cc1ccc2c(c1)N(CC(=O)N1CCC(Cc3ccc(O)cc3)C1)C(=O)CO2. The molecule has 2 aromatic rings. The summed E-state index contributed by atoms with van der Waals surface area (Å²) in [6.07, 6.45) is 1.82. The number of carbonyl (C=O) groups is 2. The molecule has 0 aromatic heterocycles. The van der Waals surface area contributed by atoms with Crippen LogP contribution in [-0.4, -0.2) is 48.1 Å². The third kappa shape index (κ3) is 3.81. The largest absolute Gasteiger partial charge is 0.508 e. The van der Waals surface area contributed by atoms with E-state index < -0.39 is 0 Å². The van der Waals surface area contributed by atoms with E-state index in [0.717, 1.165) is 24.0 Å². The van der Waals surface area contributed by atoms with E-state index >= 15 is 0 Å². The number of ether oxygens (including phenoxy) is 1. The fraction of sp³-hybridized carbons (Fsp3) is 0.364. The van der Waals surface area contributed by atoms with Crippen LogP contribution in [0.15, 0.2) is 42.5 Å². The van der Waals surface area contributed by atoms with Crippen LogP contribution in [0.1, 0.15) is 17.5 Å². The molecule has 0 bridgehead atoms. The lowest BCUT2D eigenvalue weighted by Crippen LogP contribution is -2.46. The van der Waals surface area contributed by atoms with Gasteiger partial charge in [0.15, 0.2) is 6.61 Å². The lowest BCUT2D eigenvalue weighted by Gasteiger charge is -2.30. The summed E-state index contributed by atoms with van der Waals surface area (Å²) in [5.74, 6) is 1.08. The molecule has 1 atom stereocenters. The van der Waals surface area contributed by atoms with Gasteiger partial charge < -0.3 is 14.7 Å². The van der Waals surface area contributed by atoms with E-state index in [1.807, 2.05) is 42.2 Å². The first-order chi connectivity index (χ1) is 13.5. The van der Waals surface area contributed by atoms with Crippen molar-refractivity contribution >= 4 is 17.5 Å². The fourth-order valence-electron chi connectivity index (χ4n) is 3.91. The van der Waals surface area contributed by atoms with Crippen molar-refractivity contribution in [2.24, 2.45) is 5.92 Å². The van der Waals surface area contributed by atoms with Gasteiger partial charge in [-0.2, -0.15) is 0 Å². The first kappa shape index (κ1) is 18.3. The minimum Gasteiger partial charge on any atom is -0.508 e. The van der Waals surface area contributed by atoms with Gasteiger partial charge in [0.05, 0.1) is 5.69 Å². The molecule has 0 spiro atoms. The Balaban J connectivity index is 1.40. The first-order valence-electron chi connectivity index (χ1n) is 9.59. The van der Waals surface area contributed by atoms with Gasteiger partial charge in [-0.1, -0.05) is 18.2 Å². The molecule has 0 saturated carbocycles. The highest BCUT2D eigenvalue weighted by Gasteiger charge is 2.32. The van der Waals surface area contributed by atoms with Gasteiger partial charge in [0, 0.05) is 13.1 Å². The molecule has 6 heteroatoms. The number of hydrogen-bond donors (Lipinski definition) is 1. The third-order valence-corrected chi connectivity index (χ3v) is 5.45. The standard InChI is InChI=1S/C22H24N2O4/c1-15-2-7-20-19(10-15)24(22(27)14-28-20)13-21(26)23-9-8-17(12-23)11-16-3-5-18(25)6-4-16/h2-7,10,17,25H,8-9,11-14H2,1H3. The van der Waals surface area contributed by atoms with Crippen molar-refractivity contribution in [3.05, 3.63) is 53.6 Å². The molecule has 1 unspecified atom stereocenters. The Morgan fingerprint density at radius 2 is 2.00 bits per heavy atom. The number of likely N-dealkylation sites (tertiary alicyclic amines) is 1. The Morgan fingerprint density at radius 3 is 2.79 bits per heavy atom. The molecule has 1 N–H and O–H groups in total. The number of nitrogens with zero attached hydrogens (tertiary/aromatic N) is 2. The molecule has 0 aliphatic carbocycles. The van der Waals surface area contributed by atoms with Crippen molar-refractivity contribution in [3.63, 3.8) is 0 Å². The van der Waals surface area contributed by atoms with Crippen molar-refractivity contribution in [1.29, 1.82) is 0 Å². The number of aryl methyl sites for hydroxylation is 1. The summed E-state index contributed by atoms with van der Waals surface area (Å²) in [6, 6.07) is 12.9. The van der Waals surface area contributed by atoms with Crippen molar-refractivity contribution in [1.82, 2.24) is 4.90 Å². The predicted molar refractivity (Wildman–Crippen MR) is 106 cm³/mol. The van der Waals surface area contributed by atoms with Crippen LogP contribution in [0.2, 0.25) is 0 Å². The number of carbonyl (C=O) groups excluding carboxylic acids is 2. The Labute approximate surface area is 164 Å². The maximum absolute atomic E-state index is 12.9. The van der Waals surface area contributed by atoms with Crippen LogP contribution in [0.25, 0.3) is 0 Å². The Kier molecular flexibility index (Phi) is 4.94. The zero-order chi connectivity index (χ0) is 19.7. The number of phenols is 1. The van der Waals surface area contributed by atoms with Gasteiger partial charge in [0.1, 0.15) is 18.0 Å². The maximum atomic E-state index is 12.9. The van der Waals surface area contributed by atoms with Gasteiger partial charge in [0.25, 0.3) is 5.91 Å². The van der Waals surface area contributed by atoms with E-state index in [1.54, 1.807) is 17.0 Å². The van der Waals surface area contributed by atoms with Gasteiger partial charge in [-0.25, -0.2) is 0 Å². The van der Waals surface area contributed by atoms with Gasteiger partial charge in [-0.05, 0) is 61.1 Å². The van der Waals surface area contributed by atoms with Gasteiger partial charge >= 0.3 is 0 Å². The number of fused-ring (bicyclic) bond motifs is 1. The number of rotatable bonds is 4. The van der Waals surface area contributed by atoms with Crippen LogP contribution >= 0.6 is 0 Å². The summed E-state index contributed by atoms with van der Waals surface area (Å²) in [7, 11) is 0. The zero-order valence-corrected chi connectivity index (χ0v) is 15.9. The molecule has 146 valence electrons. The number of hydrogen-bond acceptors (Lipinski definition) is 4. The molecule has 28 heavy (non-hydrogen) atoms. The number of anilines is 1. The lowest BCUT2D eigenvalue weighted by molar-refractivity contribution is -0.131. The molecule has 2 heterocycles. The van der Waals surface area contributed by atoms with Crippen LogP contribution in [-0.2, 0) is 16.0 Å². The summed E-state index contributed by atoms with van der Waals surface area (Å²) in [5.41, 5.74) is 2.85. The molecule has 1 saturated heterocycles. The minimum absolute atomic E-state index is 0.0316. The second kappa shape index (κ2) is 7.54. The maximum Gasteiger partial charge on any atom is 0.265 e. The van der Waals surface area contributed by atoms with E-state index in [9.17, 15) is 14.7 Å². The molecule has 0 radical (unpaired) electrons. The van der Waals surface area contributed by atoms with Crippen molar-refractivity contribution < 1.29 is 19.4 Å². The summed E-state index contributed by atoms with van der Waals surface area (Å²) in [5, 5.41) is 9.40. The monoisotopic (exact) mass is 380 g/mol. The minimum atomic E-state index is -0.189. The normalized spacial score (nSPS) is 18.8. The molecular formula is C22H24N2O4. The molecule has 2 aliphatic rings. The number of amides is 2. The predicted octanol–water partition coefficient (Wildman–Crippen LogP) is 2.52. The van der Waals surface area contributed by atoms with Crippen LogP contribution < -0.4 is 9.64 Å². The van der Waals surface area contributed by atoms with Crippen LogP contribution in [0, 0.1) is 12.8 Å². The first-order valence-corrected chi connectivity index (χ1v) is 9.59. The average molecular weight is 380 g/mol. The summed E-state index contributed by atoms with van der Waals surface area (Å²) < 4.78 is 5.49. The van der Waals surface area contributed by atoms with Crippen LogP contribution in [0.5, 0.6) is 11.5 Å². The van der Waals surface area contributed by atoms with E-state index in [4.69, 9.17) is 4.74 Å². The molecular weight excluding hydrogens is 356 g/mol. The van der Waals surface area contributed by atoms with Crippen molar-refractivity contribution in [2.45, 2.75) is 19.8 Å². The Bertz CT molecular complexity index is 894. The number of benzene rings is 2. The van der Waals surface area contributed by atoms with Gasteiger partial charge in [0.2, 0.25) is 5.91 Å². The molecule has 1 fully saturated rings. The molecule has 2 aromatic carbocycles. The van der Waals surface area contributed by atoms with E-state index in [2.05, 4.69) is 0 Å². The van der Waals surface area contributed by atoms with Crippen molar-refractivity contribution in [2.75, 3.05) is 31.1 Å². The second-order valence-electron chi connectivity index (χ2n) is 7.60. The van der Waals surface area contributed by atoms with Gasteiger partial charge in [-0.3, -0.25) is 14.5 Å². The zero-order valence-electron chi connectivity index (χ0n) is 15.9.